The zero-order valence-electron chi connectivity index (χ0n) is 15.6. The molecule has 1 N–H and O–H groups in total. The largest absolute Gasteiger partial charge is 0.372 e. The minimum atomic E-state index is -0.0541. The summed E-state index contributed by atoms with van der Waals surface area (Å²) in [4.78, 5) is 30.4. The number of amides is 2. The maximum atomic E-state index is 12.6. The van der Waals surface area contributed by atoms with Gasteiger partial charge >= 0.3 is 0 Å². The van der Waals surface area contributed by atoms with E-state index in [0.717, 1.165) is 11.3 Å². The number of nitrogens with zero attached hydrogens (tertiary/aromatic N) is 3. The number of hydrogen-bond donors (Lipinski definition) is 1. The second-order valence-electron chi connectivity index (χ2n) is 6.61. The molecule has 1 saturated heterocycles. The van der Waals surface area contributed by atoms with Gasteiger partial charge in [0, 0.05) is 44.6 Å². The van der Waals surface area contributed by atoms with Crippen LogP contribution in [0.15, 0.2) is 43.0 Å². The number of carbonyl (C=O) groups is 2. The minimum Gasteiger partial charge on any atom is -0.372 e. The van der Waals surface area contributed by atoms with Crippen molar-refractivity contribution in [2.24, 2.45) is 5.92 Å². The molecule has 27 heavy (non-hydrogen) atoms. The lowest BCUT2D eigenvalue weighted by molar-refractivity contribution is -0.139. The Balaban J connectivity index is 1.51. The summed E-state index contributed by atoms with van der Waals surface area (Å²) in [6, 6.07) is 7.94. The van der Waals surface area contributed by atoms with Crippen molar-refractivity contribution in [1.29, 1.82) is 0 Å². The first-order chi connectivity index (χ1) is 13.2. The quantitative estimate of drug-likeness (QED) is 0.806. The summed E-state index contributed by atoms with van der Waals surface area (Å²) in [5.74, 6) is -0.00106. The summed E-state index contributed by atoms with van der Waals surface area (Å²) in [5, 5.41) is 3.05. The Hall–Kier alpha value is -2.67. The third-order valence-corrected chi connectivity index (χ3v) is 4.88. The Bertz CT molecular complexity index is 752. The van der Waals surface area contributed by atoms with E-state index in [1.807, 2.05) is 42.0 Å². The molecule has 1 fully saturated rings. The van der Waals surface area contributed by atoms with Gasteiger partial charge in [0.15, 0.2) is 0 Å². The predicted molar refractivity (Wildman–Crippen MR) is 101 cm³/mol. The van der Waals surface area contributed by atoms with Gasteiger partial charge in [-0.25, -0.2) is 4.98 Å². The molecule has 7 heteroatoms. The van der Waals surface area contributed by atoms with E-state index in [9.17, 15) is 9.59 Å². The molecule has 7 nitrogen and oxygen atoms in total. The van der Waals surface area contributed by atoms with E-state index in [1.54, 1.807) is 17.4 Å². The Kier molecular flexibility index (Phi) is 6.59. The van der Waals surface area contributed by atoms with Crippen LogP contribution in [0.1, 0.15) is 25.3 Å². The lowest BCUT2D eigenvalue weighted by Crippen LogP contribution is -2.44. The zero-order chi connectivity index (χ0) is 19.1. The number of ether oxygens (including phenoxy) is 1. The molecule has 0 aliphatic carbocycles. The van der Waals surface area contributed by atoms with Crippen LogP contribution >= 0.6 is 0 Å². The average Bonchev–Trinajstić information content (AvgIpc) is 3.25. The summed E-state index contributed by atoms with van der Waals surface area (Å²) < 4.78 is 7.11. The van der Waals surface area contributed by atoms with Crippen molar-refractivity contribution in [3.05, 3.63) is 48.5 Å². The number of carbonyl (C=O) groups excluding carboxylic acids is 2. The number of para-hydroxylation sites is 1. The first-order valence-corrected chi connectivity index (χ1v) is 9.38. The molecule has 2 aromatic rings. The molecular formula is C20H26N4O3. The lowest BCUT2D eigenvalue weighted by atomic mass is 9.95. The monoisotopic (exact) mass is 370 g/mol. The first-order valence-electron chi connectivity index (χ1n) is 9.38. The van der Waals surface area contributed by atoms with Gasteiger partial charge in [-0.2, -0.15) is 0 Å². The van der Waals surface area contributed by atoms with Crippen LogP contribution in [0.25, 0.3) is 5.69 Å². The summed E-state index contributed by atoms with van der Waals surface area (Å²) in [7, 11) is 0. The van der Waals surface area contributed by atoms with E-state index >= 15 is 0 Å². The van der Waals surface area contributed by atoms with Crippen LogP contribution in [0.4, 0.5) is 0 Å². The second-order valence-corrected chi connectivity index (χ2v) is 6.61. The number of nitrogens with one attached hydrogen (secondary N) is 1. The van der Waals surface area contributed by atoms with Crippen molar-refractivity contribution in [3.63, 3.8) is 0 Å². The highest BCUT2D eigenvalue weighted by Gasteiger charge is 2.27. The summed E-state index contributed by atoms with van der Waals surface area (Å²) in [5.41, 5.74) is 2.04. The van der Waals surface area contributed by atoms with E-state index < -0.39 is 0 Å². The third kappa shape index (κ3) is 4.95. The molecule has 0 radical (unpaired) electrons. The topological polar surface area (TPSA) is 76.5 Å². The number of rotatable bonds is 7. The van der Waals surface area contributed by atoms with Crippen LogP contribution in [-0.2, 0) is 20.9 Å². The van der Waals surface area contributed by atoms with Crippen molar-refractivity contribution in [1.82, 2.24) is 19.8 Å². The van der Waals surface area contributed by atoms with Crippen LogP contribution in [0.2, 0.25) is 0 Å². The molecule has 2 heterocycles. The van der Waals surface area contributed by atoms with Gasteiger partial charge in [0.25, 0.3) is 0 Å². The molecule has 0 unspecified atom stereocenters. The van der Waals surface area contributed by atoms with Crippen molar-refractivity contribution >= 4 is 11.8 Å². The van der Waals surface area contributed by atoms with Crippen molar-refractivity contribution < 1.29 is 14.3 Å². The molecule has 0 spiro atoms. The predicted octanol–water partition coefficient (Wildman–Crippen LogP) is 1.76. The Labute approximate surface area is 159 Å². The molecule has 3 rings (SSSR count). The fraction of sp³-hybridized carbons (Fsp3) is 0.450. The normalized spacial score (nSPS) is 14.9. The fourth-order valence-electron chi connectivity index (χ4n) is 3.31. The maximum Gasteiger partial charge on any atom is 0.248 e. The Morgan fingerprint density at radius 3 is 2.74 bits per heavy atom. The third-order valence-electron chi connectivity index (χ3n) is 4.88. The van der Waals surface area contributed by atoms with Gasteiger partial charge in [0.2, 0.25) is 11.8 Å². The number of imidazole rings is 1. The molecular weight excluding hydrogens is 344 g/mol. The fourth-order valence-corrected chi connectivity index (χ4v) is 3.31. The number of aromatic nitrogens is 2. The van der Waals surface area contributed by atoms with E-state index in [4.69, 9.17) is 4.74 Å². The maximum absolute atomic E-state index is 12.6. The smallest absolute Gasteiger partial charge is 0.248 e. The van der Waals surface area contributed by atoms with Gasteiger partial charge in [-0.1, -0.05) is 18.2 Å². The standard InChI is InChI=1S/C20H26N4O3/c1-2-27-14-19(25)23-10-7-16(8-11-23)20(26)22-13-17-5-3-4-6-18(17)24-12-9-21-15-24/h3-6,9,12,15-16H,2,7-8,10-11,13-14H2,1H3,(H,22,26). The molecule has 1 aromatic heterocycles. The van der Waals surface area contributed by atoms with Crippen molar-refractivity contribution in [3.8, 4) is 5.69 Å². The molecule has 2 amide bonds. The van der Waals surface area contributed by atoms with Crippen LogP contribution in [0, 0.1) is 5.92 Å². The van der Waals surface area contributed by atoms with E-state index in [1.165, 1.54) is 0 Å². The van der Waals surface area contributed by atoms with Gasteiger partial charge < -0.3 is 19.5 Å². The van der Waals surface area contributed by atoms with Gasteiger partial charge in [0.05, 0.1) is 12.0 Å². The highest BCUT2D eigenvalue weighted by molar-refractivity contribution is 5.80. The summed E-state index contributed by atoms with van der Waals surface area (Å²) in [6.45, 7) is 4.21. The van der Waals surface area contributed by atoms with Crippen LogP contribution in [0.3, 0.4) is 0 Å². The second kappa shape index (κ2) is 9.32. The minimum absolute atomic E-state index is 0.00460. The highest BCUT2D eigenvalue weighted by atomic mass is 16.5. The van der Waals surface area contributed by atoms with Gasteiger partial charge in [-0.05, 0) is 31.4 Å². The number of benzene rings is 1. The van der Waals surface area contributed by atoms with Gasteiger partial charge in [-0.3, -0.25) is 9.59 Å². The lowest BCUT2D eigenvalue weighted by Gasteiger charge is -2.31. The van der Waals surface area contributed by atoms with E-state index in [2.05, 4.69) is 10.3 Å². The molecule has 144 valence electrons. The molecule has 1 aromatic carbocycles. The van der Waals surface area contributed by atoms with E-state index in [0.29, 0.717) is 39.1 Å². The van der Waals surface area contributed by atoms with Crippen molar-refractivity contribution in [2.45, 2.75) is 26.3 Å². The highest BCUT2D eigenvalue weighted by Crippen LogP contribution is 2.19. The summed E-state index contributed by atoms with van der Waals surface area (Å²) in [6.07, 6.45) is 6.74. The molecule has 0 atom stereocenters. The number of piperidine rings is 1. The number of likely N-dealkylation sites (tertiary alicyclic amines) is 1. The SMILES string of the molecule is CCOCC(=O)N1CCC(C(=O)NCc2ccccc2-n2ccnc2)CC1. The van der Waals surface area contributed by atoms with Gasteiger partial charge in [0.1, 0.15) is 6.61 Å². The molecule has 0 bridgehead atoms. The van der Waals surface area contributed by atoms with Gasteiger partial charge in [-0.15, -0.1) is 0 Å². The average molecular weight is 370 g/mol. The van der Waals surface area contributed by atoms with Crippen molar-refractivity contribution in [2.75, 3.05) is 26.3 Å². The number of hydrogen-bond acceptors (Lipinski definition) is 4. The molecule has 1 aliphatic heterocycles. The summed E-state index contributed by atoms with van der Waals surface area (Å²) >= 11 is 0. The Morgan fingerprint density at radius 1 is 1.26 bits per heavy atom. The molecule has 1 aliphatic rings. The van der Waals surface area contributed by atoms with E-state index in [-0.39, 0.29) is 24.3 Å². The Morgan fingerprint density at radius 2 is 2.04 bits per heavy atom. The van der Waals surface area contributed by atoms with Crippen LogP contribution in [-0.4, -0.2) is 52.6 Å². The van der Waals surface area contributed by atoms with Crippen LogP contribution in [0.5, 0.6) is 0 Å². The molecule has 0 saturated carbocycles. The zero-order valence-corrected chi connectivity index (χ0v) is 15.6. The van der Waals surface area contributed by atoms with Crippen LogP contribution < -0.4 is 5.32 Å². The first kappa shape index (κ1) is 19.1.